The molecule has 1 saturated heterocycles. The van der Waals surface area contributed by atoms with Gasteiger partial charge in [0, 0.05) is 23.8 Å². The molecule has 3 rings (SSSR count). The molecule has 1 unspecified atom stereocenters. The third-order valence-corrected chi connectivity index (χ3v) is 4.18. The summed E-state index contributed by atoms with van der Waals surface area (Å²) >= 11 is 0. The van der Waals surface area contributed by atoms with Crippen molar-refractivity contribution < 1.29 is 19.2 Å². The Hall–Kier alpha value is -2.56. The maximum Gasteiger partial charge on any atom is 0.454 e. The maximum atomic E-state index is 9.66. The van der Waals surface area contributed by atoms with E-state index in [4.69, 9.17) is 14.1 Å². The Bertz CT molecular complexity index is 806. The molecular weight excluding hydrogens is 319 g/mol. The Morgan fingerprint density at radius 3 is 2.88 bits per heavy atom. The van der Waals surface area contributed by atoms with Gasteiger partial charge in [0.25, 0.3) is 0 Å². The van der Waals surface area contributed by atoms with Gasteiger partial charge in [-0.25, -0.2) is 0 Å². The van der Waals surface area contributed by atoms with Gasteiger partial charge >= 0.3 is 7.12 Å². The number of aromatic nitrogens is 1. The van der Waals surface area contributed by atoms with E-state index >= 15 is 0 Å². The highest BCUT2D eigenvalue weighted by Crippen LogP contribution is 2.38. The Balaban J connectivity index is 2.05. The molecule has 1 fully saturated rings. The number of hydrogen-bond acceptors (Lipinski definition) is 6. The number of nitriles is 1. The van der Waals surface area contributed by atoms with E-state index in [1.807, 2.05) is 31.2 Å². The van der Waals surface area contributed by atoms with Gasteiger partial charge in [0.05, 0.1) is 19.4 Å². The van der Waals surface area contributed by atoms with Crippen LogP contribution in [0.15, 0.2) is 30.3 Å². The highest BCUT2D eigenvalue weighted by Gasteiger charge is 2.30. The summed E-state index contributed by atoms with van der Waals surface area (Å²) in [5.74, 6) is 0.993. The van der Waals surface area contributed by atoms with E-state index < -0.39 is 7.12 Å². The van der Waals surface area contributed by atoms with E-state index in [0.717, 1.165) is 5.69 Å². The van der Waals surface area contributed by atoms with Crippen molar-refractivity contribution in [1.82, 2.24) is 4.98 Å². The molecule has 1 aromatic carbocycles. The molecule has 128 valence electrons. The van der Waals surface area contributed by atoms with Crippen LogP contribution in [0, 0.1) is 11.3 Å². The average Bonchev–Trinajstić information content (AvgIpc) is 3.08. The number of ether oxygens (including phenoxy) is 2. The molecule has 0 radical (unpaired) electrons. The Labute approximate surface area is 147 Å². The molecule has 2 aromatic rings. The molecule has 7 heteroatoms. The lowest BCUT2D eigenvalue weighted by Crippen LogP contribution is -2.08. The first kappa shape index (κ1) is 17.3. The second-order valence-corrected chi connectivity index (χ2v) is 5.73. The lowest BCUT2D eigenvalue weighted by molar-refractivity contribution is 0.291. The maximum absolute atomic E-state index is 9.66. The summed E-state index contributed by atoms with van der Waals surface area (Å²) in [7, 11) is 0.804. The van der Waals surface area contributed by atoms with E-state index in [-0.39, 0.29) is 5.92 Å². The summed E-state index contributed by atoms with van der Waals surface area (Å²) in [4.78, 5) is 4.69. The first-order valence-electron chi connectivity index (χ1n) is 8.18. The molecule has 0 aliphatic carbocycles. The third kappa shape index (κ3) is 3.45. The van der Waals surface area contributed by atoms with Crippen LogP contribution in [0.2, 0.25) is 6.32 Å². The molecule has 0 saturated carbocycles. The highest BCUT2D eigenvalue weighted by molar-refractivity contribution is 6.43. The normalized spacial score (nSPS) is 16.6. The van der Waals surface area contributed by atoms with Crippen LogP contribution in [0.1, 0.15) is 24.1 Å². The number of rotatable bonds is 5. The van der Waals surface area contributed by atoms with Crippen LogP contribution in [-0.4, -0.2) is 37.4 Å². The van der Waals surface area contributed by atoms with Gasteiger partial charge in [0.2, 0.25) is 0 Å². The van der Waals surface area contributed by atoms with Crippen molar-refractivity contribution in [3.63, 3.8) is 0 Å². The number of methoxy groups -OCH3 is 1. The summed E-state index contributed by atoms with van der Waals surface area (Å²) in [5, 5.41) is 19.2. The molecule has 2 heterocycles. The summed E-state index contributed by atoms with van der Waals surface area (Å²) in [5.41, 5.74) is 2.60. The molecule has 6 nitrogen and oxygen atoms in total. The fourth-order valence-corrected chi connectivity index (χ4v) is 2.98. The fraction of sp³-hybridized carbons (Fsp3) is 0.333. The molecule has 1 aliphatic heterocycles. The Kier molecular flexibility index (Phi) is 5.22. The minimum absolute atomic E-state index is 0.0464. The zero-order valence-electron chi connectivity index (χ0n) is 14.2. The van der Waals surface area contributed by atoms with Crippen molar-refractivity contribution in [2.45, 2.75) is 19.2 Å². The standard InChI is InChI=1S/C18H19BN2O4/c1-3-24-18-14(10-20)13(7-8-17(18)23-2)16-6-4-5-15(21-16)12-9-19(22)25-11-12/h4-8,12,22H,3,9,11H2,1-2H3. The lowest BCUT2D eigenvalue weighted by atomic mass is 9.81. The van der Waals surface area contributed by atoms with E-state index in [1.54, 1.807) is 13.2 Å². The molecule has 0 amide bonds. The molecule has 1 atom stereocenters. The monoisotopic (exact) mass is 338 g/mol. The zero-order chi connectivity index (χ0) is 17.8. The first-order valence-corrected chi connectivity index (χ1v) is 8.18. The largest absolute Gasteiger partial charge is 0.493 e. The molecule has 1 aliphatic rings. The van der Waals surface area contributed by atoms with Gasteiger partial charge in [-0.3, -0.25) is 4.98 Å². The topological polar surface area (TPSA) is 84.6 Å². The fourth-order valence-electron chi connectivity index (χ4n) is 2.98. The van der Waals surface area contributed by atoms with Crippen LogP contribution in [0.25, 0.3) is 11.3 Å². The minimum Gasteiger partial charge on any atom is -0.493 e. The van der Waals surface area contributed by atoms with Crippen molar-refractivity contribution in [3.8, 4) is 28.8 Å². The predicted octanol–water partition coefficient (Wildman–Crippen LogP) is 2.62. The minimum atomic E-state index is -0.740. The molecule has 0 bridgehead atoms. The van der Waals surface area contributed by atoms with Gasteiger partial charge in [0.15, 0.2) is 11.5 Å². The van der Waals surface area contributed by atoms with Crippen LogP contribution < -0.4 is 9.47 Å². The smallest absolute Gasteiger partial charge is 0.454 e. The second kappa shape index (κ2) is 7.56. The van der Waals surface area contributed by atoms with Crippen LogP contribution >= 0.6 is 0 Å². The van der Waals surface area contributed by atoms with Crippen LogP contribution in [0.5, 0.6) is 11.5 Å². The van der Waals surface area contributed by atoms with Crippen molar-refractivity contribution >= 4 is 7.12 Å². The van der Waals surface area contributed by atoms with Gasteiger partial charge in [-0.1, -0.05) is 6.07 Å². The Morgan fingerprint density at radius 1 is 1.40 bits per heavy atom. The van der Waals surface area contributed by atoms with Crippen LogP contribution in [0.4, 0.5) is 0 Å². The summed E-state index contributed by atoms with van der Waals surface area (Å²) in [6, 6.07) is 11.5. The van der Waals surface area contributed by atoms with Crippen molar-refractivity contribution in [2.75, 3.05) is 20.3 Å². The van der Waals surface area contributed by atoms with Gasteiger partial charge < -0.3 is 19.2 Å². The van der Waals surface area contributed by atoms with E-state index in [0.29, 0.717) is 47.9 Å². The molecule has 25 heavy (non-hydrogen) atoms. The van der Waals surface area contributed by atoms with E-state index in [2.05, 4.69) is 11.1 Å². The van der Waals surface area contributed by atoms with E-state index in [9.17, 15) is 10.3 Å². The number of hydrogen-bond donors (Lipinski definition) is 1. The van der Waals surface area contributed by atoms with Crippen molar-refractivity contribution in [2.24, 2.45) is 0 Å². The van der Waals surface area contributed by atoms with Crippen molar-refractivity contribution in [3.05, 3.63) is 41.6 Å². The van der Waals surface area contributed by atoms with Gasteiger partial charge in [-0.2, -0.15) is 5.26 Å². The highest BCUT2D eigenvalue weighted by atomic mass is 16.5. The van der Waals surface area contributed by atoms with Gasteiger partial charge in [0.1, 0.15) is 11.6 Å². The molecule has 1 N–H and O–H groups in total. The van der Waals surface area contributed by atoms with Gasteiger partial charge in [-0.05, 0) is 37.5 Å². The SMILES string of the molecule is CCOc1c(OC)ccc(-c2cccc(C3COB(O)C3)n2)c1C#N. The Morgan fingerprint density at radius 2 is 2.24 bits per heavy atom. The average molecular weight is 338 g/mol. The lowest BCUT2D eigenvalue weighted by Gasteiger charge is -2.15. The summed E-state index contributed by atoms with van der Waals surface area (Å²) < 4.78 is 16.2. The molecule has 0 spiro atoms. The zero-order valence-corrected chi connectivity index (χ0v) is 14.2. The number of nitrogens with zero attached hydrogens (tertiary/aromatic N) is 2. The molecular formula is C18H19BN2O4. The van der Waals surface area contributed by atoms with Gasteiger partial charge in [-0.15, -0.1) is 0 Å². The first-order chi connectivity index (χ1) is 12.2. The van der Waals surface area contributed by atoms with Crippen LogP contribution in [-0.2, 0) is 4.65 Å². The molecule has 1 aromatic heterocycles. The van der Waals surface area contributed by atoms with Crippen molar-refractivity contribution in [1.29, 1.82) is 5.26 Å². The third-order valence-electron chi connectivity index (χ3n) is 4.18. The summed E-state index contributed by atoms with van der Waals surface area (Å²) in [6.45, 7) is 2.73. The number of benzene rings is 1. The number of pyridine rings is 1. The quantitative estimate of drug-likeness (QED) is 0.844. The predicted molar refractivity (Wildman–Crippen MR) is 93.6 cm³/mol. The van der Waals surface area contributed by atoms with Crippen LogP contribution in [0.3, 0.4) is 0 Å². The van der Waals surface area contributed by atoms with E-state index in [1.165, 1.54) is 0 Å². The second-order valence-electron chi connectivity index (χ2n) is 5.73. The summed E-state index contributed by atoms with van der Waals surface area (Å²) in [6.07, 6.45) is 0.522.